The molecule has 30 heavy (non-hydrogen) atoms. The predicted molar refractivity (Wildman–Crippen MR) is 107 cm³/mol. The molecule has 0 unspecified atom stereocenters. The molecule has 4 aromatic rings. The highest BCUT2D eigenvalue weighted by Crippen LogP contribution is 2.24. The van der Waals surface area contributed by atoms with Crippen LogP contribution in [-0.4, -0.2) is 26.4 Å². The molecule has 0 saturated carbocycles. The van der Waals surface area contributed by atoms with Crippen molar-refractivity contribution in [1.82, 2.24) is 19.9 Å². The highest BCUT2D eigenvalue weighted by molar-refractivity contribution is 5.60. The van der Waals surface area contributed by atoms with Gasteiger partial charge >= 0.3 is 0 Å². The summed E-state index contributed by atoms with van der Waals surface area (Å²) in [6.45, 7) is 2.31. The number of aromatic nitrogens is 3. The van der Waals surface area contributed by atoms with Crippen LogP contribution in [0.1, 0.15) is 16.8 Å². The number of pyridine rings is 1. The molecule has 0 amide bonds. The Hall–Kier alpha value is -3.45. The summed E-state index contributed by atoms with van der Waals surface area (Å²) in [4.78, 5) is 15.7. The molecule has 0 saturated heterocycles. The third kappa shape index (κ3) is 3.71. The SMILES string of the molecule is Fc1ccc(F)c(-c2ccc(CN3CCc4nc(-c5ccco5)ncc4C3)cn2)c1. The molecule has 0 N–H and O–H groups in total. The van der Waals surface area contributed by atoms with E-state index in [1.165, 1.54) is 0 Å². The number of benzene rings is 1. The van der Waals surface area contributed by atoms with Crippen LogP contribution in [0.2, 0.25) is 0 Å². The molecule has 1 aromatic carbocycles. The molecule has 0 radical (unpaired) electrons. The number of hydrogen-bond acceptors (Lipinski definition) is 5. The normalized spacial score (nSPS) is 13.9. The van der Waals surface area contributed by atoms with E-state index >= 15 is 0 Å². The smallest absolute Gasteiger partial charge is 0.195 e. The van der Waals surface area contributed by atoms with Gasteiger partial charge in [0.25, 0.3) is 0 Å². The van der Waals surface area contributed by atoms with Gasteiger partial charge in [-0.2, -0.15) is 0 Å². The van der Waals surface area contributed by atoms with Crippen molar-refractivity contribution < 1.29 is 13.2 Å². The van der Waals surface area contributed by atoms with Crippen molar-refractivity contribution in [3.05, 3.63) is 89.6 Å². The molecule has 0 bridgehead atoms. The molecular weight excluding hydrogens is 386 g/mol. The fourth-order valence-electron chi connectivity index (χ4n) is 3.66. The molecule has 1 aliphatic heterocycles. The van der Waals surface area contributed by atoms with Gasteiger partial charge in [-0.25, -0.2) is 18.7 Å². The van der Waals surface area contributed by atoms with Gasteiger partial charge in [-0.3, -0.25) is 9.88 Å². The first-order chi connectivity index (χ1) is 14.7. The number of fused-ring (bicyclic) bond motifs is 1. The van der Waals surface area contributed by atoms with E-state index in [9.17, 15) is 8.78 Å². The molecule has 0 fully saturated rings. The molecule has 0 atom stereocenters. The first-order valence-electron chi connectivity index (χ1n) is 9.67. The molecular formula is C23H18F2N4O. The zero-order valence-corrected chi connectivity index (χ0v) is 16.1. The summed E-state index contributed by atoms with van der Waals surface area (Å²) in [6.07, 6.45) is 6.01. The minimum absolute atomic E-state index is 0.165. The summed E-state index contributed by atoms with van der Waals surface area (Å²) in [5.74, 6) is 0.303. The first kappa shape index (κ1) is 18.6. The van der Waals surface area contributed by atoms with Gasteiger partial charge < -0.3 is 4.42 Å². The highest BCUT2D eigenvalue weighted by atomic mass is 19.1. The average Bonchev–Trinajstić information content (AvgIpc) is 3.31. The van der Waals surface area contributed by atoms with E-state index in [0.29, 0.717) is 23.8 Å². The molecule has 5 nitrogen and oxygen atoms in total. The highest BCUT2D eigenvalue weighted by Gasteiger charge is 2.19. The second kappa shape index (κ2) is 7.76. The number of halogens is 2. The van der Waals surface area contributed by atoms with Gasteiger partial charge in [0.1, 0.15) is 11.6 Å². The van der Waals surface area contributed by atoms with Gasteiger partial charge in [-0.05, 0) is 42.0 Å². The van der Waals surface area contributed by atoms with Gasteiger partial charge in [0.2, 0.25) is 0 Å². The Labute approximate surface area is 172 Å². The molecule has 1 aliphatic rings. The minimum atomic E-state index is -0.488. The first-order valence-corrected chi connectivity index (χ1v) is 9.67. The zero-order chi connectivity index (χ0) is 20.5. The van der Waals surface area contributed by atoms with Crippen LogP contribution in [0.4, 0.5) is 8.78 Å². The van der Waals surface area contributed by atoms with E-state index in [-0.39, 0.29) is 5.56 Å². The molecule has 7 heteroatoms. The monoisotopic (exact) mass is 404 g/mol. The van der Waals surface area contributed by atoms with E-state index in [4.69, 9.17) is 4.42 Å². The van der Waals surface area contributed by atoms with Gasteiger partial charge in [0.05, 0.1) is 17.7 Å². The van der Waals surface area contributed by atoms with Crippen LogP contribution >= 0.6 is 0 Å². The molecule has 0 spiro atoms. The molecule has 150 valence electrons. The van der Waals surface area contributed by atoms with Gasteiger partial charge in [-0.15, -0.1) is 0 Å². The lowest BCUT2D eigenvalue weighted by molar-refractivity contribution is 0.242. The fourth-order valence-corrected chi connectivity index (χ4v) is 3.66. The standard InChI is InChI=1S/C23H18F2N4O/c24-17-4-5-19(25)18(10-17)21-6-3-15(11-26-21)13-29-8-7-20-16(14-29)12-27-23(28-20)22-2-1-9-30-22/h1-6,9-12H,7-8,13-14H2. The van der Waals surface area contributed by atoms with Crippen molar-refractivity contribution in [2.75, 3.05) is 6.54 Å². The van der Waals surface area contributed by atoms with Crippen LogP contribution in [0.15, 0.2) is 65.5 Å². The number of rotatable bonds is 4. The van der Waals surface area contributed by atoms with Gasteiger partial charge in [-0.1, -0.05) is 6.07 Å². The van der Waals surface area contributed by atoms with E-state index in [2.05, 4.69) is 19.9 Å². The van der Waals surface area contributed by atoms with Crippen molar-refractivity contribution >= 4 is 0 Å². The topological polar surface area (TPSA) is 55.1 Å². The second-order valence-corrected chi connectivity index (χ2v) is 7.28. The fraction of sp³-hybridized carbons (Fsp3) is 0.174. The molecule has 4 heterocycles. The van der Waals surface area contributed by atoms with E-state index in [1.54, 1.807) is 18.5 Å². The van der Waals surface area contributed by atoms with Crippen molar-refractivity contribution in [2.24, 2.45) is 0 Å². The quantitative estimate of drug-likeness (QED) is 0.496. The summed E-state index contributed by atoms with van der Waals surface area (Å²) in [5, 5.41) is 0. The van der Waals surface area contributed by atoms with Crippen LogP contribution in [0.3, 0.4) is 0 Å². The number of furan rings is 1. The third-order valence-corrected chi connectivity index (χ3v) is 5.19. The Morgan fingerprint density at radius 3 is 2.77 bits per heavy atom. The predicted octanol–water partition coefficient (Wildman–Crippen LogP) is 4.64. The van der Waals surface area contributed by atoms with Gasteiger partial charge in [0.15, 0.2) is 11.6 Å². The Kier molecular flexibility index (Phi) is 4.80. The van der Waals surface area contributed by atoms with Crippen molar-refractivity contribution in [3.8, 4) is 22.8 Å². The lowest BCUT2D eigenvalue weighted by Gasteiger charge is -2.27. The summed E-state index contributed by atoms with van der Waals surface area (Å²) >= 11 is 0. The van der Waals surface area contributed by atoms with Crippen LogP contribution in [0.5, 0.6) is 0 Å². The Morgan fingerprint density at radius 2 is 1.97 bits per heavy atom. The Morgan fingerprint density at radius 1 is 1.03 bits per heavy atom. The summed E-state index contributed by atoms with van der Waals surface area (Å²) in [5.41, 5.74) is 3.73. The number of nitrogens with zero attached hydrogens (tertiary/aromatic N) is 4. The maximum atomic E-state index is 14.0. The molecule has 3 aromatic heterocycles. The van der Waals surface area contributed by atoms with Crippen molar-refractivity contribution in [1.29, 1.82) is 0 Å². The lowest BCUT2D eigenvalue weighted by Crippen LogP contribution is -2.31. The molecule has 0 aliphatic carbocycles. The van der Waals surface area contributed by atoms with Gasteiger partial charge in [0, 0.05) is 49.6 Å². The zero-order valence-electron chi connectivity index (χ0n) is 16.1. The van der Waals surface area contributed by atoms with E-state index in [1.807, 2.05) is 24.4 Å². The largest absolute Gasteiger partial charge is 0.461 e. The molecule has 5 rings (SSSR count). The average molecular weight is 404 g/mol. The maximum absolute atomic E-state index is 14.0. The van der Waals surface area contributed by atoms with E-state index in [0.717, 1.165) is 54.5 Å². The van der Waals surface area contributed by atoms with Crippen LogP contribution < -0.4 is 0 Å². The Bertz CT molecular complexity index is 1180. The van der Waals surface area contributed by atoms with Crippen molar-refractivity contribution in [2.45, 2.75) is 19.5 Å². The van der Waals surface area contributed by atoms with E-state index < -0.39 is 11.6 Å². The Balaban J connectivity index is 1.29. The number of hydrogen-bond donors (Lipinski definition) is 0. The second-order valence-electron chi connectivity index (χ2n) is 7.28. The minimum Gasteiger partial charge on any atom is -0.461 e. The maximum Gasteiger partial charge on any atom is 0.195 e. The summed E-state index contributed by atoms with van der Waals surface area (Å²) in [6, 6.07) is 10.7. The lowest BCUT2D eigenvalue weighted by atomic mass is 10.1. The summed E-state index contributed by atoms with van der Waals surface area (Å²) in [7, 11) is 0. The third-order valence-electron chi connectivity index (χ3n) is 5.19. The van der Waals surface area contributed by atoms with Crippen LogP contribution in [0, 0.1) is 11.6 Å². The summed E-state index contributed by atoms with van der Waals surface area (Å²) < 4.78 is 32.8. The van der Waals surface area contributed by atoms with Crippen LogP contribution in [-0.2, 0) is 19.5 Å². The van der Waals surface area contributed by atoms with Crippen molar-refractivity contribution in [3.63, 3.8) is 0 Å². The van der Waals surface area contributed by atoms with Crippen LogP contribution in [0.25, 0.3) is 22.8 Å².